The van der Waals surface area contributed by atoms with E-state index in [0.29, 0.717) is 22.7 Å². The van der Waals surface area contributed by atoms with Crippen molar-refractivity contribution < 1.29 is 19.1 Å². The highest BCUT2D eigenvalue weighted by Gasteiger charge is 2.15. The molecule has 0 aliphatic rings. The molecule has 5 rings (SSSR count). The number of carbonyl (C=O) groups excluding carboxylic acids is 3. The molecule has 0 saturated carbocycles. The number of rotatable bonds is 11. The van der Waals surface area contributed by atoms with E-state index < -0.39 is 11.8 Å². The van der Waals surface area contributed by atoms with E-state index in [1.165, 1.54) is 11.8 Å². The molecule has 0 bridgehead atoms. The van der Waals surface area contributed by atoms with Crippen molar-refractivity contribution in [2.75, 3.05) is 16.4 Å². The third kappa shape index (κ3) is 9.69. The summed E-state index contributed by atoms with van der Waals surface area (Å²) < 4.78 is 6.69. The molecule has 5 aromatic carbocycles. The summed E-state index contributed by atoms with van der Waals surface area (Å²) in [6.45, 7) is 0. The van der Waals surface area contributed by atoms with Crippen LogP contribution < -0.4 is 20.7 Å². The summed E-state index contributed by atoms with van der Waals surface area (Å²) in [7, 11) is 0. The van der Waals surface area contributed by atoms with Crippen LogP contribution in [0, 0.1) is 0 Å². The van der Waals surface area contributed by atoms with Crippen molar-refractivity contribution in [1.29, 1.82) is 0 Å². The Kier molecular flexibility index (Phi) is 10.8. The van der Waals surface area contributed by atoms with E-state index in [9.17, 15) is 14.4 Å². The molecule has 0 spiro atoms. The Labute approximate surface area is 273 Å². The second kappa shape index (κ2) is 15.6. The molecule has 0 aliphatic heterocycles. The molecule has 45 heavy (non-hydrogen) atoms. The molecule has 224 valence electrons. The zero-order chi connectivity index (χ0) is 31.4. The number of ether oxygens (including phenoxy) is 1. The van der Waals surface area contributed by atoms with Gasteiger partial charge in [0.05, 0.1) is 5.75 Å². The Morgan fingerprint density at radius 1 is 0.667 bits per heavy atom. The van der Waals surface area contributed by atoms with Crippen LogP contribution in [-0.2, 0) is 9.59 Å². The van der Waals surface area contributed by atoms with Gasteiger partial charge < -0.3 is 20.7 Å². The normalized spacial score (nSPS) is 10.9. The molecule has 0 atom stereocenters. The van der Waals surface area contributed by atoms with Crippen molar-refractivity contribution in [3.63, 3.8) is 0 Å². The number of hydrogen-bond acceptors (Lipinski definition) is 5. The number of benzene rings is 5. The predicted octanol–water partition coefficient (Wildman–Crippen LogP) is 8.38. The van der Waals surface area contributed by atoms with Gasteiger partial charge in [-0.25, -0.2) is 0 Å². The molecule has 0 saturated heterocycles. The van der Waals surface area contributed by atoms with Gasteiger partial charge in [0.2, 0.25) is 5.91 Å². The van der Waals surface area contributed by atoms with Gasteiger partial charge in [-0.1, -0.05) is 64.5 Å². The van der Waals surface area contributed by atoms with E-state index in [2.05, 4.69) is 31.9 Å². The average Bonchev–Trinajstić information content (AvgIpc) is 3.07. The Hall–Kier alpha value is -5.12. The molecule has 0 aliphatic carbocycles. The SMILES string of the molecule is O=C(CSc1ccc(NC(=O)/C(=C/c2ccc(Br)cc2)NC(=O)c2ccccc2)cc1)Nc1ccc(Oc2ccccc2)cc1. The Morgan fingerprint density at radius 3 is 1.91 bits per heavy atom. The number of hydrogen-bond donors (Lipinski definition) is 3. The molecule has 0 unspecified atom stereocenters. The summed E-state index contributed by atoms with van der Waals surface area (Å²) in [6.07, 6.45) is 1.62. The van der Waals surface area contributed by atoms with Gasteiger partial charge in [0, 0.05) is 26.3 Å². The van der Waals surface area contributed by atoms with Crippen LogP contribution in [0.5, 0.6) is 11.5 Å². The van der Waals surface area contributed by atoms with Gasteiger partial charge in [0.15, 0.2) is 0 Å². The van der Waals surface area contributed by atoms with E-state index in [4.69, 9.17) is 4.74 Å². The van der Waals surface area contributed by atoms with E-state index in [-0.39, 0.29) is 17.4 Å². The highest BCUT2D eigenvalue weighted by molar-refractivity contribution is 9.10. The predicted molar refractivity (Wildman–Crippen MR) is 183 cm³/mol. The first-order chi connectivity index (χ1) is 21.9. The van der Waals surface area contributed by atoms with E-state index in [0.717, 1.165) is 20.7 Å². The highest BCUT2D eigenvalue weighted by atomic mass is 79.9. The first-order valence-corrected chi connectivity index (χ1v) is 15.7. The first kappa shape index (κ1) is 31.3. The van der Waals surface area contributed by atoms with Crippen LogP contribution >= 0.6 is 27.7 Å². The molecule has 0 heterocycles. The highest BCUT2D eigenvalue weighted by Crippen LogP contribution is 2.24. The summed E-state index contributed by atoms with van der Waals surface area (Å²) >= 11 is 4.78. The minimum absolute atomic E-state index is 0.0981. The molecule has 7 nitrogen and oxygen atoms in total. The zero-order valence-electron chi connectivity index (χ0n) is 23.9. The van der Waals surface area contributed by atoms with Crippen molar-refractivity contribution in [2.45, 2.75) is 4.90 Å². The number of nitrogens with one attached hydrogen (secondary N) is 3. The molecule has 0 fully saturated rings. The van der Waals surface area contributed by atoms with Gasteiger partial charge in [0.1, 0.15) is 17.2 Å². The van der Waals surface area contributed by atoms with Crippen LogP contribution in [0.1, 0.15) is 15.9 Å². The summed E-state index contributed by atoms with van der Waals surface area (Å²) in [5.41, 5.74) is 2.50. The van der Waals surface area contributed by atoms with Crippen molar-refractivity contribution in [1.82, 2.24) is 5.32 Å². The fraction of sp³-hybridized carbons (Fsp3) is 0.0278. The third-order valence-electron chi connectivity index (χ3n) is 6.31. The third-order valence-corrected chi connectivity index (χ3v) is 7.85. The number of thioether (sulfide) groups is 1. The second-order valence-corrected chi connectivity index (χ2v) is 11.6. The van der Waals surface area contributed by atoms with Crippen LogP contribution in [0.4, 0.5) is 11.4 Å². The Bertz CT molecular complexity index is 1780. The molecule has 0 radical (unpaired) electrons. The van der Waals surface area contributed by atoms with E-state index >= 15 is 0 Å². The summed E-state index contributed by atoms with van der Waals surface area (Å²) in [5, 5.41) is 8.47. The van der Waals surface area contributed by atoms with Crippen LogP contribution in [0.25, 0.3) is 6.08 Å². The molecule has 0 aromatic heterocycles. The topological polar surface area (TPSA) is 96.5 Å². The number of amides is 3. The maximum atomic E-state index is 13.3. The lowest BCUT2D eigenvalue weighted by atomic mass is 10.1. The van der Waals surface area contributed by atoms with Gasteiger partial charge in [-0.2, -0.15) is 0 Å². The Balaban J connectivity index is 1.15. The van der Waals surface area contributed by atoms with Crippen LogP contribution in [0.2, 0.25) is 0 Å². The summed E-state index contributed by atoms with van der Waals surface area (Å²) in [6, 6.07) is 39.9. The number of anilines is 2. The van der Waals surface area contributed by atoms with Gasteiger partial charge >= 0.3 is 0 Å². The smallest absolute Gasteiger partial charge is 0.272 e. The zero-order valence-corrected chi connectivity index (χ0v) is 26.3. The van der Waals surface area contributed by atoms with Gasteiger partial charge in [-0.05, 0) is 96.6 Å². The van der Waals surface area contributed by atoms with Gasteiger partial charge in [0.25, 0.3) is 11.8 Å². The van der Waals surface area contributed by atoms with Crippen molar-refractivity contribution in [2.24, 2.45) is 0 Å². The molecular weight excluding hydrogens is 650 g/mol. The van der Waals surface area contributed by atoms with Crippen molar-refractivity contribution in [3.8, 4) is 11.5 Å². The van der Waals surface area contributed by atoms with Crippen LogP contribution in [0.15, 0.2) is 149 Å². The minimum Gasteiger partial charge on any atom is -0.457 e. The standard InChI is InChI=1S/C36H28BrN3O4S/c37-27-13-11-25(12-14-27)23-33(40-35(42)26-7-3-1-4-8-26)36(43)39-29-17-21-32(22-18-29)45-24-34(41)38-28-15-19-31(20-16-28)44-30-9-5-2-6-10-30/h1-23H,24H2,(H,38,41)(H,39,43)(H,40,42)/b33-23-. The quantitative estimate of drug-likeness (QED) is 0.0964. The van der Waals surface area contributed by atoms with Crippen LogP contribution in [-0.4, -0.2) is 23.5 Å². The maximum Gasteiger partial charge on any atom is 0.272 e. The number of para-hydroxylation sites is 1. The van der Waals surface area contributed by atoms with E-state index in [1.54, 1.807) is 66.7 Å². The number of halogens is 1. The Morgan fingerprint density at radius 2 is 1.24 bits per heavy atom. The van der Waals surface area contributed by atoms with E-state index in [1.807, 2.05) is 72.8 Å². The second-order valence-electron chi connectivity index (χ2n) is 9.68. The van der Waals surface area contributed by atoms with Crippen molar-refractivity contribution >= 4 is 62.9 Å². The maximum absolute atomic E-state index is 13.3. The lowest BCUT2D eigenvalue weighted by molar-refractivity contribution is -0.114. The lowest BCUT2D eigenvalue weighted by Crippen LogP contribution is -2.30. The van der Waals surface area contributed by atoms with Crippen LogP contribution in [0.3, 0.4) is 0 Å². The van der Waals surface area contributed by atoms with Gasteiger partial charge in [-0.3, -0.25) is 14.4 Å². The van der Waals surface area contributed by atoms with Gasteiger partial charge in [-0.15, -0.1) is 11.8 Å². The fourth-order valence-corrected chi connectivity index (χ4v) is 5.04. The fourth-order valence-electron chi connectivity index (χ4n) is 4.08. The largest absolute Gasteiger partial charge is 0.457 e. The monoisotopic (exact) mass is 677 g/mol. The molecule has 3 amide bonds. The summed E-state index contributed by atoms with van der Waals surface area (Å²) in [4.78, 5) is 39.5. The average molecular weight is 679 g/mol. The molecular formula is C36H28BrN3O4S. The first-order valence-electron chi connectivity index (χ1n) is 13.9. The molecule has 5 aromatic rings. The molecule has 9 heteroatoms. The summed E-state index contributed by atoms with van der Waals surface area (Å²) in [5.74, 6) is 0.613. The van der Waals surface area contributed by atoms with Crippen molar-refractivity contribution in [3.05, 3.63) is 155 Å². The minimum atomic E-state index is -0.470. The molecule has 3 N–H and O–H groups in total. The lowest BCUT2D eigenvalue weighted by Gasteiger charge is -2.12. The number of carbonyl (C=O) groups is 3.